The predicted octanol–water partition coefficient (Wildman–Crippen LogP) is 0.744. The van der Waals surface area contributed by atoms with Crippen molar-refractivity contribution < 1.29 is 15.0 Å². The number of aliphatic hydroxyl groups excluding tert-OH is 1. The number of carboxylic acid groups (broad SMARTS) is 1. The smallest absolute Gasteiger partial charge is 0.303 e. The molecule has 0 bridgehead atoms. The zero-order valence-corrected chi connectivity index (χ0v) is 8.41. The molecular weight excluding hydrogens is 182 g/mol. The molecule has 3 N–H and O–H groups in total. The molecular formula is C10H19NO3. The Hall–Kier alpha value is -0.610. The largest absolute Gasteiger partial charge is 0.481 e. The summed E-state index contributed by atoms with van der Waals surface area (Å²) in [6, 6.07) is 0.178. The Balaban J connectivity index is 2.07. The summed E-state index contributed by atoms with van der Waals surface area (Å²) in [6.07, 6.45) is 4.75. The molecule has 0 aromatic carbocycles. The van der Waals surface area contributed by atoms with E-state index in [2.05, 4.69) is 5.32 Å². The van der Waals surface area contributed by atoms with E-state index in [4.69, 9.17) is 5.11 Å². The molecule has 0 radical (unpaired) electrons. The van der Waals surface area contributed by atoms with E-state index < -0.39 is 5.97 Å². The number of hydrogen-bond donors (Lipinski definition) is 3. The van der Waals surface area contributed by atoms with Gasteiger partial charge in [-0.2, -0.15) is 0 Å². The lowest BCUT2D eigenvalue weighted by Gasteiger charge is -2.28. The van der Waals surface area contributed by atoms with Gasteiger partial charge in [0.05, 0.1) is 6.10 Å². The van der Waals surface area contributed by atoms with Crippen molar-refractivity contribution in [3.05, 3.63) is 0 Å². The first-order valence-electron chi connectivity index (χ1n) is 5.33. The number of aliphatic hydroxyl groups is 1. The molecule has 0 heterocycles. The Morgan fingerprint density at radius 2 is 2.07 bits per heavy atom. The zero-order chi connectivity index (χ0) is 10.4. The molecule has 0 unspecified atom stereocenters. The number of aliphatic carboxylic acids is 1. The Kier molecular flexibility index (Phi) is 4.90. The second kappa shape index (κ2) is 5.98. The van der Waals surface area contributed by atoms with Crippen LogP contribution in [0.5, 0.6) is 0 Å². The third-order valence-electron chi connectivity index (χ3n) is 2.70. The van der Waals surface area contributed by atoms with Crippen molar-refractivity contribution in [1.29, 1.82) is 0 Å². The van der Waals surface area contributed by atoms with Gasteiger partial charge in [0.15, 0.2) is 0 Å². The molecule has 82 valence electrons. The first-order chi connectivity index (χ1) is 6.70. The summed E-state index contributed by atoms with van der Waals surface area (Å²) >= 11 is 0. The average molecular weight is 201 g/mol. The average Bonchev–Trinajstić information content (AvgIpc) is 2.15. The highest BCUT2D eigenvalue weighted by atomic mass is 16.4. The summed E-state index contributed by atoms with van der Waals surface area (Å²) in [7, 11) is 0. The van der Waals surface area contributed by atoms with Gasteiger partial charge in [0.2, 0.25) is 0 Å². The van der Waals surface area contributed by atoms with Crippen molar-refractivity contribution >= 4 is 5.97 Å². The van der Waals surface area contributed by atoms with Gasteiger partial charge in [-0.05, 0) is 25.8 Å². The Morgan fingerprint density at radius 1 is 1.36 bits per heavy atom. The van der Waals surface area contributed by atoms with Crippen molar-refractivity contribution in [3.8, 4) is 0 Å². The highest BCUT2D eigenvalue weighted by Crippen LogP contribution is 2.18. The van der Waals surface area contributed by atoms with Gasteiger partial charge in [-0.25, -0.2) is 0 Å². The number of carboxylic acids is 1. The molecule has 0 saturated heterocycles. The van der Waals surface area contributed by atoms with Crippen LogP contribution < -0.4 is 5.32 Å². The van der Waals surface area contributed by atoms with E-state index in [0.717, 1.165) is 25.7 Å². The third-order valence-corrected chi connectivity index (χ3v) is 2.70. The fourth-order valence-electron chi connectivity index (χ4n) is 1.88. The summed E-state index contributed by atoms with van der Waals surface area (Å²) in [5.41, 5.74) is 0. The first-order valence-corrected chi connectivity index (χ1v) is 5.33. The van der Waals surface area contributed by atoms with Crippen LogP contribution in [0.4, 0.5) is 0 Å². The summed E-state index contributed by atoms with van der Waals surface area (Å²) in [6.45, 7) is 0.689. The SMILES string of the molecule is O=C(O)CCCN[C@@H]1CCCC[C@H]1O. The fraction of sp³-hybridized carbons (Fsp3) is 0.900. The van der Waals surface area contributed by atoms with Crippen LogP contribution in [0.15, 0.2) is 0 Å². The van der Waals surface area contributed by atoms with Crippen molar-refractivity contribution in [1.82, 2.24) is 5.32 Å². The van der Waals surface area contributed by atoms with Crippen LogP contribution in [-0.4, -0.2) is 34.9 Å². The van der Waals surface area contributed by atoms with E-state index in [0.29, 0.717) is 13.0 Å². The van der Waals surface area contributed by atoms with Crippen molar-refractivity contribution in [2.75, 3.05) is 6.54 Å². The second-order valence-electron chi connectivity index (χ2n) is 3.91. The van der Waals surface area contributed by atoms with E-state index in [1.54, 1.807) is 0 Å². The van der Waals surface area contributed by atoms with Crippen molar-refractivity contribution in [3.63, 3.8) is 0 Å². The highest BCUT2D eigenvalue weighted by Gasteiger charge is 2.21. The van der Waals surface area contributed by atoms with Crippen LogP contribution in [0.1, 0.15) is 38.5 Å². The number of hydrogen-bond acceptors (Lipinski definition) is 3. The van der Waals surface area contributed by atoms with Gasteiger partial charge in [-0.3, -0.25) is 4.79 Å². The minimum atomic E-state index is -0.754. The fourth-order valence-corrected chi connectivity index (χ4v) is 1.88. The molecule has 1 fully saturated rings. The lowest BCUT2D eigenvalue weighted by atomic mass is 9.92. The zero-order valence-electron chi connectivity index (χ0n) is 8.41. The molecule has 0 spiro atoms. The number of nitrogens with one attached hydrogen (secondary N) is 1. The summed E-state index contributed by atoms with van der Waals surface area (Å²) in [5, 5.41) is 21.2. The Labute approximate surface area is 84.3 Å². The van der Waals surface area contributed by atoms with Gasteiger partial charge in [0, 0.05) is 12.5 Å². The summed E-state index contributed by atoms with van der Waals surface area (Å²) in [4.78, 5) is 10.2. The van der Waals surface area contributed by atoms with Crippen LogP contribution in [0.2, 0.25) is 0 Å². The maximum Gasteiger partial charge on any atom is 0.303 e. The molecule has 0 aliphatic heterocycles. The van der Waals surface area contributed by atoms with E-state index >= 15 is 0 Å². The highest BCUT2D eigenvalue weighted by molar-refractivity contribution is 5.66. The van der Waals surface area contributed by atoms with Gasteiger partial charge in [0.1, 0.15) is 0 Å². The molecule has 1 saturated carbocycles. The van der Waals surface area contributed by atoms with Gasteiger partial charge >= 0.3 is 5.97 Å². The molecule has 1 aliphatic carbocycles. The van der Waals surface area contributed by atoms with Crippen LogP contribution in [0.3, 0.4) is 0 Å². The molecule has 1 rings (SSSR count). The summed E-state index contributed by atoms with van der Waals surface area (Å²) < 4.78 is 0. The quantitative estimate of drug-likeness (QED) is 0.574. The minimum Gasteiger partial charge on any atom is -0.481 e. The van der Waals surface area contributed by atoms with Crippen LogP contribution >= 0.6 is 0 Å². The van der Waals surface area contributed by atoms with Gasteiger partial charge in [0.25, 0.3) is 0 Å². The van der Waals surface area contributed by atoms with Crippen molar-refractivity contribution in [2.24, 2.45) is 0 Å². The Morgan fingerprint density at radius 3 is 2.71 bits per heavy atom. The minimum absolute atomic E-state index is 0.178. The molecule has 2 atom stereocenters. The summed E-state index contributed by atoms with van der Waals surface area (Å²) in [5.74, 6) is -0.754. The molecule has 0 amide bonds. The lowest BCUT2D eigenvalue weighted by Crippen LogP contribution is -2.42. The second-order valence-corrected chi connectivity index (χ2v) is 3.91. The lowest BCUT2D eigenvalue weighted by molar-refractivity contribution is -0.137. The topological polar surface area (TPSA) is 69.6 Å². The number of carbonyl (C=O) groups is 1. The van der Waals surface area contributed by atoms with Crippen LogP contribution in [0, 0.1) is 0 Å². The molecule has 0 aromatic heterocycles. The Bertz CT molecular complexity index is 184. The molecule has 4 heteroatoms. The van der Waals surface area contributed by atoms with E-state index in [9.17, 15) is 9.90 Å². The number of rotatable bonds is 5. The van der Waals surface area contributed by atoms with Crippen LogP contribution in [0.25, 0.3) is 0 Å². The molecule has 0 aromatic rings. The first kappa shape index (κ1) is 11.5. The van der Waals surface area contributed by atoms with Crippen LogP contribution in [-0.2, 0) is 4.79 Å². The standard InChI is InChI=1S/C10H19NO3/c12-9-5-2-1-4-8(9)11-7-3-6-10(13)14/h8-9,11-12H,1-7H2,(H,13,14)/t8-,9-/m1/s1. The molecule has 1 aliphatic rings. The van der Waals surface area contributed by atoms with Crippen molar-refractivity contribution in [2.45, 2.75) is 50.7 Å². The monoisotopic (exact) mass is 201 g/mol. The normalized spacial score (nSPS) is 27.5. The van der Waals surface area contributed by atoms with Gasteiger partial charge in [-0.15, -0.1) is 0 Å². The van der Waals surface area contributed by atoms with E-state index in [1.165, 1.54) is 0 Å². The maximum absolute atomic E-state index is 10.2. The molecule has 4 nitrogen and oxygen atoms in total. The van der Waals surface area contributed by atoms with E-state index in [1.807, 2.05) is 0 Å². The van der Waals surface area contributed by atoms with Gasteiger partial charge < -0.3 is 15.5 Å². The predicted molar refractivity (Wildman–Crippen MR) is 53.1 cm³/mol. The van der Waals surface area contributed by atoms with E-state index in [-0.39, 0.29) is 18.6 Å². The maximum atomic E-state index is 10.2. The van der Waals surface area contributed by atoms with Gasteiger partial charge in [-0.1, -0.05) is 12.8 Å². The third kappa shape index (κ3) is 4.07. The molecule has 14 heavy (non-hydrogen) atoms.